The minimum absolute atomic E-state index is 0.962. The average molecular weight is 172 g/mol. The molecule has 0 saturated heterocycles. The van der Waals surface area contributed by atoms with Gasteiger partial charge in [0.15, 0.2) is 0 Å². The van der Waals surface area contributed by atoms with Crippen molar-refractivity contribution in [1.82, 2.24) is 0 Å². The molecule has 1 aromatic carbocycles. The van der Waals surface area contributed by atoms with Crippen molar-refractivity contribution in [2.75, 3.05) is 0 Å². The minimum atomic E-state index is 0.962. The van der Waals surface area contributed by atoms with E-state index in [0.29, 0.717) is 0 Å². The number of hydrogen-bond acceptors (Lipinski definition) is 1. The second-order valence-corrected chi connectivity index (χ2v) is 2.95. The molecule has 1 heterocycles. The van der Waals surface area contributed by atoms with Gasteiger partial charge in [0.1, 0.15) is 11.0 Å². The number of benzene rings is 1. The first kappa shape index (κ1) is 8.11. The quantitative estimate of drug-likeness (QED) is 0.592. The maximum Gasteiger partial charge on any atom is 0.135 e. The predicted octanol–water partition coefficient (Wildman–Crippen LogP) is 2.03. The Morgan fingerprint density at radius 2 is 1.85 bits per heavy atom. The number of rotatable bonds is 0. The van der Waals surface area contributed by atoms with Crippen LogP contribution >= 0.6 is 0 Å². The van der Waals surface area contributed by atoms with Gasteiger partial charge >= 0.3 is 0 Å². The van der Waals surface area contributed by atoms with E-state index in [0.717, 1.165) is 11.0 Å². The molecule has 1 aromatic heterocycles. The Kier molecular flexibility index (Phi) is 1.93. The highest BCUT2D eigenvalue weighted by Gasteiger charge is 1.98. The topological polar surface area (TPSA) is 13.1 Å². The molecule has 0 radical (unpaired) electrons. The molecule has 1 nitrogen and oxygen atoms in total. The second-order valence-electron chi connectivity index (χ2n) is 2.95. The summed E-state index contributed by atoms with van der Waals surface area (Å²) in [6.07, 6.45) is 4.08. The van der Waals surface area contributed by atoms with Crippen LogP contribution in [0, 0.1) is 0 Å². The van der Waals surface area contributed by atoms with Crippen molar-refractivity contribution < 1.29 is 4.42 Å². The monoisotopic (exact) mass is 172 g/mol. The van der Waals surface area contributed by atoms with Crippen molar-refractivity contribution in [3.63, 3.8) is 0 Å². The molecule has 0 amide bonds. The number of fused-ring (bicyclic) bond motifs is 1. The van der Waals surface area contributed by atoms with Gasteiger partial charge in [-0.2, -0.15) is 0 Å². The SMILES string of the molecule is CC=c1oc2ccccc2c1=CC. The van der Waals surface area contributed by atoms with Gasteiger partial charge in [0.25, 0.3) is 0 Å². The summed E-state index contributed by atoms with van der Waals surface area (Å²) in [6.45, 7) is 4.02. The molecule has 0 N–H and O–H groups in total. The van der Waals surface area contributed by atoms with Crippen LogP contribution in [-0.2, 0) is 0 Å². The lowest BCUT2D eigenvalue weighted by Crippen LogP contribution is -2.18. The highest BCUT2D eigenvalue weighted by molar-refractivity contribution is 5.78. The molecular formula is C12H12O. The number of para-hydroxylation sites is 1. The first-order valence-corrected chi connectivity index (χ1v) is 4.47. The molecule has 0 spiro atoms. The summed E-state index contributed by atoms with van der Waals surface area (Å²) in [5, 5.41) is 2.39. The molecule has 13 heavy (non-hydrogen) atoms. The molecule has 2 rings (SSSR count). The Morgan fingerprint density at radius 3 is 2.54 bits per heavy atom. The molecule has 2 aromatic rings. The maximum absolute atomic E-state index is 5.65. The lowest BCUT2D eigenvalue weighted by Gasteiger charge is -1.82. The lowest BCUT2D eigenvalue weighted by atomic mass is 10.2. The van der Waals surface area contributed by atoms with Crippen molar-refractivity contribution in [3.8, 4) is 0 Å². The molecule has 0 aliphatic rings. The van der Waals surface area contributed by atoms with E-state index < -0.39 is 0 Å². The van der Waals surface area contributed by atoms with Crippen molar-refractivity contribution in [2.24, 2.45) is 0 Å². The molecular weight excluding hydrogens is 160 g/mol. The molecule has 0 aliphatic heterocycles. The first-order valence-electron chi connectivity index (χ1n) is 4.47. The van der Waals surface area contributed by atoms with Gasteiger partial charge in [0.2, 0.25) is 0 Å². The smallest absolute Gasteiger partial charge is 0.135 e. The van der Waals surface area contributed by atoms with E-state index in [-0.39, 0.29) is 0 Å². The predicted molar refractivity (Wildman–Crippen MR) is 55.7 cm³/mol. The van der Waals surface area contributed by atoms with Gasteiger partial charge in [-0.3, -0.25) is 0 Å². The van der Waals surface area contributed by atoms with Gasteiger partial charge in [-0.1, -0.05) is 24.3 Å². The zero-order valence-corrected chi connectivity index (χ0v) is 7.87. The van der Waals surface area contributed by atoms with Gasteiger partial charge < -0.3 is 4.42 Å². The average Bonchev–Trinajstić information content (AvgIpc) is 2.55. The van der Waals surface area contributed by atoms with Gasteiger partial charge in [0.05, 0.1) is 0 Å². The van der Waals surface area contributed by atoms with Crippen LogP contribution in [-0.4, -0.2) is 0 Å². The summed E-state index contributed by atoms with van der Waals surface area (Å²) < 4.78 is 5.65. The number of hydrogen-bond donors (Lipinski definition) is 0. The van der Waals surface area contributed by atoms with Crippen LogP contribution in [0.1, 0.15) is 13.8 Å². The van der Waals surface area contributed by atoms with Crippen LogP contribution in [0.2, 0.25) is 0 Å². The Hall–Kier alpha value is -1.50. The van der Waals surface area contributed by atoms with E-state index in [1.165, 1.54) is 10.6 Å². The Bertz CT molecular complexity index is 532. The van der Waals surface area contributed by atoms with Crippen molar-refractivity contribution >= 4 is 23.1 Å². The van der Waals surface area contributed by atoms with Crippen LogP contribution in [0.25, 0.3) is 23.1 Å². The standard InChI is InChI=1S/C12H12O/c1-3-9-10-7-5-6-8-12(10)13-11(9)4-2/h3-8H,1-2H3. The van der Waals surface area contributed by atoms with Crippen molar-refractivity contribution in [2.45, 2.75) is 13.8 Å². The molecule has 1 heteroatoms. The Labute approximate surface area is 77.0 Å². The van der Waals surface area contributed by atoms with Crippen LogP contribution in [0.4, 0.5) is 0 Å². The molecule has 0 fully saturated rings. The summed E-state index contributed by atoms with van der Waals surface area (Å²) in [5.74, 6) is 0. The highest BCUT2D eigenvalue weighted by atomic mass is 16.3. The van der Waals surface area contributed by atoms with E-state index in [1.54, 1.807) is 0 Å². The van der Waals surface area contributed by atoms with Crippen LogP contribution < -0.4 is 10.6 Å². The van der Waals surface area contributed by atoms with E-state index in [9.17, 15) is 0 Å². The third kappa shape index (κ3) is 1.17. The summed E-state index contributed by atoms with van der Waals surface area (Å²) in [5.41, 5.74) is 1.92. The molecule has 0 saturated carbocycles. The largest absolute Gasteiger partial charge is 0.456 e. The summed E-state index contributed by atoms with van der Waals surface area (Å²) >= 11 is 0. The Balaban J connectivity index is 3.08. The second kappa shape index (κ2) is 3.09. The first-order chi connectivity index (χ1) is 6.36. The zero-order chi connectivity index (χ0) is 9.26. The van der Waals surface area contributed by atoms with Gasteiger partial charge in [0, 0.05) is 10.6 Å². The van der Waals surface area contributed by atoms with Gasteiger partial charge in [-0.05, 0) is 26.0 Å². The van der Waals surface area contributed by atoms with Crippen LogP contribution in [0.5, 0.6) is 0 Å². The zero-order valence-electron chi connectivity index (χ0n) is 7.87. The fraction of sp³-hybridized carbons (Fsp3) is 0.167. The van der Waals surface area contributed by atoms with Crippen molar-refractivity contribution in [3.05, 3.63) is 34.9 Å². The molecule has 0 atom stereocenters. The molecule has 0 aliphatic carbocycles. The van der Waals surface area contributed by atoms with E-state index >= 15 is 0 Å². The van der Waals surface area contributed by atoms with Gasteiger partial charge in [-0.15, -0.1) is 0 Å². The van der Waals surface area contributed by atoms with Crippen LogP contribution in [0.3, 0.4) is 0 Å². The number of furan rings is 1. The highest BCUT2D eigenvalue weighted by Crippen LogP contribution is 2.06. The fourth-order valence-electron chi connectivity index (χ4n) is 1.60. The summed E-state index contributed by atoms with van der Waals surface area (Å²) in [6, 6.07) is 8.10. The van der Waals surface area contributed by atoms with E-state index in [4.69, 9.17) is 4.42 Å². The summed E-state index contributed by atoms with van der Waals surface area (Å²) in [7, 11) is 0. The third-order valence-electron chi connectivity index (χ3n) is 2.21. The maximum atomic E-state index is 5.65. The fourth-order valence-corrected chi connectivity index (χ4v) is 1.60. The van der Waals surface area contributed by atoms with Gasteiger partial charge in [-0.25, -0.2) is 0 Å². The molecule has 0 unspecified atom stereocenters. The summed E-state index contributed by atoms with van der Waals surface area (Å²) in [4.78, 5) is 0. The third-order valence-corrected chi connectivity index (χ3v) is 2.21. The van der Waals surface area contributed by atoms with E-state index in [1.807, 2.05) is 38.1 Å². The van der Waals surface area contributed by atoms with E-state index in [2.05, 4.69) is 12.1 Å². The normalized spacial score (nSPS) is 14.3. The molecule has 66 valence electrons. The minimum Gasteiger partial charge on any atom is -0.456 e. The molecule has 0 bridgehead atoms. The Morgan fingerprint density at radius 1 is 1.08 bits per heavy atom. The lowest BCUT2D eigenvalue weighted by molar-refractivity contribution is 0.575. The van der Waals surface area contributed by atoms with Crippen LogP contribution in [0.15, 0.2) is 28.7 Å². The van der Waals surface area contributed by atoms with Crippen molar-refractivity contribution in [1.29, 1.82) is 0 Å².